The van der Waals surface area contributed by atoms with E-state index in [9.17, 15) is 4.79 Å². The number of nitrogens with zero attached hydrogens (tertiary/aromatic N) is 1. The Morgan fingerprint density at radius 1 is 1.33 bits per heavy atom. The van der Waals surface area contributed by atoms with E-state index >= 15 is 0 Å². The first-order chi connectivity index (χ1) is 7.27. The summed E-state index contributed by atoms with van der Waals surface area (Å²) in [6.07, 6.45) is 0.946. The highest BCUT2D eigenvalue weighted by molar-refractivity contribution is 6.02. The van der Waals surface area contributed by atoms with Crippen molar-refractivity contribution in [3.05, 3.63) is 35.5 Å². The van der Waals surface area contributed by atoms with Gasteiger partial charge in [0.2, 0.25) is 0 Å². The van der Waals surface area contributed by atoms with Crippen LogP contribution in [0.1, 0.15) is 16.1 Å². The maximum atomic E-state index is 11.9. The van der Waals surface area contributed by atoms with Gasteiger partial charge in [-0.05, 0) is 18.1 Å². The van der Waals surface area contributed by atoms with Gasteiger partial charge in [-0.1, -0.05) is 18.2 Å². The van der Waals surface area contributed by atoms with Crippen LogP contribution in [0.25, 0.3) is 10.9 Å². The van der Waals surface area contributed by atoms with E-state index in [0.29, 0.717) is 0 Å². The largest absolute Gasteiger partial charge is 0.350 e. The minimum atomic E-state index is 0.104. The Morgan fingerprint density at radius 2 is 2.13 bits per heavy atom. The average molecular weight is 200 g/mol. The van der Waals surface area contributed by atoms with Crippen molar-refractivity contribution in [1.29, 1.82) is 0 Å². The number of para-hydroxylation sites is 1. The second kappa shape index (κ2) is 2.86. The normalized spacial score (nSPS) is 15.8. The lowest BCUT2D eigenvalue weighted by atomic mass is 10.0. The van der Waals surface area contributed by atoms with Gasteiger partial charge < -0.3 is 9.88 Å². The molecule has 3 heteroatoms. The molecule has 2 aromatic rings. The third-order valence-electron chi connectivity index (χ3n) is 3.07. The summed E-state index contributed by atoms with van der Waals surface area (Å²) in [5.74, 6) is 0.104. The molecule has 0 saturated carbocycles. The molecule has 1 N–H and O–H groups in total. The number of carbonyl (C=O) groups excluding carboxylic acids is 1. The number of carbonyl (C=O) groups is 1. The Bertz CT molecular complexity index is 542. The SMILES string of the molecule is CN1CCc2c([nH]c3ccccc23)C1=O. The topological polar surface area (TPSA) is 36.1 Å². The van der Waals surface area contributed by atoms with Crippen LogP contribution in [0.3, 0.4) is 0 Å². The van der Waals surface area contributed by atoms with E-state index in [-0.39, 0.29) is 5.91 Å². The number of rotatable bonds is 0. The highest BCUT2D eigenvalue weighted by Gasteiger charge is 2.24. The van der Waals surface area contributed by atoms with Gasteiger partial charge in [-0.25, -0.2) is 0 Å². The maximum absolute atomic E-state index is 11.9. The van der Waals surface area contributed by atoms with Gasteiger partial charge in [-0.2, -0.15) is 0 Å². The van der Waals surface area contributed by atoms with Crippen LogP contribution in [-0.4, -0.2) is 29.4 Å². The highest BCUT2D eigenvalue weighted by atomic mass is 16.2. The third kappa shape index (κ3) is 1.09. The summed E-state index contributed by atoms with van der Waals surface area (Å²) >= 11 is 0. The Balaban J connectivity index is 2.31. The number of benzene rings is 1. The van der Waals surface area contributed by atoms with Crippen molar-refractivity contribution in [2.45, 2.75) is 6.42 Å². The molecule has 2 heterocycles. The molecule has 1 aliphatic heterocycles. The van der Waals surface area contributed by atoms with Crippen LogP contribution in [0.4, 0.5) is 0 Å². The van der Waals surface area contributed by atoms with Crippen molar-refractivity contribution in [1.82, 2.24) is 9.88 Å². The fraction of sp³-hybridized carbons (Fsp3) is 0.250. The van der Waals surface area contributed by atoms with Crippen LogP contribution in [0.2, 0.25) is 0 Å². The number of amides is 1. The number of nitrogens with one attached hydrogen (secondary N) is 1. The van der Waals surface area contributed by atoms with Crippen LogP contribution >= 0.6 is 0 Å². The minimum Gasteiger partial charge on any atom is -0.350 e. The number of fused-ring (bicyclic) bond motifs is 3. The Kier molecular flexibility index (Phi) is 1.63. The van der Waals surface area contributed by atoms with Crippen molar-refractivity contribution in [2.75, 3.05) is 13.6 Å². The van der Waals surface area contributed by atoms with Gasteiger partial charge in [0.15, 0.2) is 0 Å². The van der Waals surface area contributed by atoms with Crippen molar-refractivity contribution in [3.8, 4) is 0 Å². The lowest BCUT2D eigenvalue weighted by molar-refractivity contribution is 0.0776. The molecule has 1 aromatic carbocycles. The molecular weight excluding hydrogens is 188 g/mol. The number of aromatic amines is 1. The van der Waals surface area contributed by atoms with E-state index in [1.165, 1.54) is 10.9 Å². The second-order valence-corrected chi connectivity index (χ2v) is 4.00. The standard InChI is InChI=1S/C12H12N2O/c1-14-7-6-9-8-4-2-3-5-10(8)13-11(9)12(14)15/h2-5,13H,6-7H2,1H3. The summed E-state index contributed by atoms with van der Waals surface area (Å²) in [5.41, 5.74) is 3.00. The van der Waals surface area contributed by atoms with E-state index < -0.39 is 0 Å². The fourth-order valence-corrected chi connectivity index (χ4v) is 2.21. The summed E-state index contributed by atoms with van der Waals surface area (Å²) in [4.78, 5) is 16.8. The predicted octanol–water partition coefficient (Wildman–Crippen LogP) is 1.80. The quantitative estimate of drug-likeness (QED) is 0.691. The number of likely N-dealkylation sites (N-methyl/N-ethyl adjacent to an activating group) is 1. The third-order valence-corrected chi connectivity index (χ3v) is 3.07. The zero-order chi connectivity index (χ0) is 10.4. The van der Waals surface area contributed by atoms with Crippen LogP contribution in [0.15, 0.2) is 24.3 Å². The molecular formula is C12H12N2O. The molecule has 1 aliphatic rings. The molecule has 0 aliphatic carbocycles. The predicted molar refractivity (Wildman–Crippen MR) is 59.0 cm³/mol. The Morgan fingerprint density at radius 3 is 3.00 bits per heavy atom. The molecule has 0 unspecified atom stereocenters. The molecule has 76 valence electrons. The van der Waals surface area contributed by atoms with Crippen molar-refractivity contribution in [3.63, 3.8) is 0 Å². The van der Waals surface area contributed by atoms with E-state index in [2.05, 4.69) is 11.1 Å². The lowest BCUT2D eigenvalue weighted by Gasteiger charge is -2.22. The number of hydrogen-bond donors (Lipinski definition) is 1. The number of aromatic nitrogens is 1. The first kappa shape index (κ1) is 8.53. The smallest absolute Gasteiger partial charge is 0.270 e. The highest BCUT2D eigenvalue weighted by Crippen LogP contribution is 2.26. The van der Waals surface area contributed by atoms with Gasteiger partial charge >= 0.3 is 0 Å². The van der Waals surface area contributed by atoms with Crippen LogP contribution in [-0.2, 0) is 6.42 Å². The molecule has 3 rings (SSSR count). The molecule has 3 nitrogen and oxygen atoms in total. The van der Waals surface area contributed by atoms with E-state index in [1.54, 1.807) is 4.90 Å². The van der Waals surface area contributed by atoms with Crippen LogP contribution in [0.5, 0.6) is 0 Å². The molecule has 1 aromatic heterocycles. The molecule has 15 heavy (non-hydrogen) atoms. The van der Waals surface area contributed by atoms with Gasteiger partial charge in [-0.15, -0.1) is 0 Å². The van der Waals surface area contributed by atoms with E-state index in [0.717, 1.165) is 24.2 Å². The molecule has 0 fully saturated rings. The van der Waals surface area contributed by atoms with Gasteiger partial charge in [0.1, 0.15) is 5.69 Å². The minimum absolute atomic E-state index is 0.104. The summed E-state index contributed by atoms with van der Waals surface area (Å²) in [7, 11) is 1.84. The molecule has 1 amide bonds. The second-order valence-electron chi connectivity index (χ2n) is 4.00. The Hall–Kier alpha value is -1.77. The van der Waals surface area contributed by atoms with Crippen LogP contribution in [0, 0.1) is 0 Å². The molecule has 0 atom stereocenters. The van der Waals surface area contributed by atoms with Crippen molar-refractivity contribution in [2.24, 2.45) is 0 Å². The van der Waals surface area contributed by atoms with E-state index in [4.69, 9.17) is 0 Å². The molecule has 0 spiro atoms. The molecule has 0 saturated heterocycles. The first-order valence-corrected chi connectivity index (χ1v) is 5.12. The van der Waals surface area contributed by atoms with Gasteiger partial charge in [-0.3, -0.25) is 4.79 Å². The fourth-order valence-electron chi connectivity index (χ4n) is 2.21. The van der Waals surface area contributed by atoms with Gasteiger partial charge in [0, 0.05) is 24.5 Å². The van der Waals surface area contributed by atoms with Gasteiger partial charge in [0.25, 0.3) is 5.91 Å². The van der Waals surface area contributed by atoms with Gasteiger partial charge in [0.05, 0.1) is 0 Å². The first-order valence-electron chi connectivity index (χ1n) is 5.12. The number of H-pyrrole nitrogens is 1. The van der Waals surface area contributed by atoms with Crippen LogP contribution < -0.4 is 0 Å². The zero-order valence-corrected chi connectivity index (χ0v) is 8.58. The summed E-state index contributed by atoms with van der Waals surface area (Å²) < 4.78 is 0. The monoisotopic (exact) mass is 200 g/mol. The molecule has 0 bridgehead atoms. The average Bonchev–Trinajstić information content (AvgIpc) is 2.63. The molecule has 0 radical (unpaired) electrons. The van der Waals surface area contributed by atoms with Crippen molar-refractivity contribution >= 4 is 16.8 Å². The lowest BCUT2D eigenvalue weighted by Crippen LogP contribution is -2.33. The zero-order valence-electron chi connectivity index (χ0n) is 8.58. The summed E-state index contributed by atoms with van der Waals surface area (Å²) in [5, 5.41) is 1.19. The Labute approximate surface area is 87.7 Å². The summed E-state index contributed by atoms with van der Waals surface area (Å²) in [6, 6.07) is 8.09. The van der Waals surface area contributed by atoms with Crippen molar-refractivity contribution < 1.29 is 4.79 Å². The van der Waals surface area contributed by atoms with E-state index in [1.807, 2.05) is 25.2 Å². The summed E-state index contributed by atoms with van der Waals surface area (Å²) in [6.45, 7) is 0.813. The maximum Gasteiger partial charge on any atom is 0.270 e. The number of hydrogen-bond acceptors (Lipinski definition) is 1.